The van der Waals surface area contributed by atoms with E-state index < -0.39 is 0 Å². The largest absolute Gasteiger partial charge is 0.459 e. The highest BCUT2D eigenvalue weighted by molar-refractivity contribution is 9.10. The van der Waals surface area contributed by atoms with E-state index in [1.807, 2.05) is 24.4 Å². The molecule has 9 heteroatoms. The maximum Gasteiger partial charge on any atom is 0.256 e. The predicted octanol–water partition coefficient (Wildman–Crippen LogP) is 5.30. The number of halogens is 1. The minimum absolute atomic E-state index is 0.120. The van der Waals surface area contributed by atoms with Crippen molar-refractivity contribution in [2.24, 2.45) is 0 Å². The molecule has 3 heterocycles. The van der Waals surface area contributed by atoms with Crippen LogP contribution >= 0.6 is 27.3 Å². The summed E-state index contributed by atoms with van der Waals surface area (Å²) in [5.74, 6) is 1.40. The summed E-state index contributed by atoms with van der Waals surface area (Å²) in [4.78, 5) is 33.5. The lowest BCUT2D eigenvalue weighted by atomic mass is 10.2. The highest BCUT2D eigenvalue weighted by Crippen LogP contribution is 2.26. The number of nitrogens with zero attached hydrogens (tertiary/aromatic N) is 2. The second-order valence-electron chi connectivity index (χ2n) is 6.68. The summed E-state index contributed by atoms with van der Waals surface area (Å²) in [5, 5.41) is 8.10. The first-order valence-electron chi connectivity index (χ1n) is 9.30. The fourth-order valence-corrected chi connectivity index (χ4v) is 3.81. The van der Waals surface area contributed by atoms with Gasteiger partial charge in [0, 0.05) is 27.3 Å². The van der Waals surface area contributed by atoms with Gasteiger partial charge in [-0.1, -0.05) is 6.07 Å². The Bertz CT molecular complexity index is 1230. The number of hydrogen-bond donors (Lipinski definition) is 2. The summed E-state index contributed by atoms with van der Waals surface area (Å²) < 4.78 is 6.39. The summed E-state index contributed by atoms with van der Waals surface area (Å²) in [6, 6.07) is 13.9. The number of aromatic nitrogens is 2. The Morgan fingerprint density at radius 1 is 1.13 bits per heavy atom. The standard InChI is InChI=1S/C22H17BrN4O3S/c1-13-5-7-18(30-13)22-26-17(12-31-22)10-20(28)25-16-4-2-3-14(9-16)21(29)27-19-8-6-15(23)11-24-19/h2-9,11-12H,10H2,1H3,(H,25,28)(H,24,27,29). The van der Waals surface area contributed by atoms with Crippen molar-refractivity contribution in [1.82, 2.24) is 9.97 Å². The molecular weight excluding hydrogens is 480 g/mol. The number of aryl methyl sites for hydroxylation is 1. The quantitative estimate of drug-likeness (QED) is 0.377. The number of nitrogens with one attached hydrogen (secondary N) is 2. The Balaban J connectivity index is 1.38. The zero-order valence-corrected chi connectivity index (χ0v) is 18.8. The second-order valence-corrected chi connectivity index (χ2v) is 8.45. The SMILES string of the molecule is Cc1ccc(-c2nc(CC(=O)Nc3cccc(C(=O)Nc4ccc(Br)cn4)c3)cs2)o1. The van der Waals surface area contributed by atoms with Gasteiger partial charge in [-0.3, -0.25) is 9.59 Å². The minimum atomic E-state index is -0.316. The molecular formula is C22H17BrN4O3S. The third-order valence-corrected chi connectivity index (χ3v) is 5.60. The molecule has 0 saturated heterocycles. The molecule has 156 valence electrons. The molecule has 0 bridgehead atoms. The number of pyridine rings is 1. The number of furan rings is 1. The van der Waals surface area contributed by atoms with Gasteiger partial charge in [-0.25, -0.2) is 9.97 Å². The summed E-state index contributed by atoms with van der Waals surface area (Å²) in [6.07, 6.45) is 1.72. The number of rotatable bonds is 6. The lowest BCUT2D eigenvalue weighted by molar-refractivity contribution is -0.115. The van der Waals surface area contributed by atoms with E-state index in [0.717, 1.165) is 15.2 Å². The highest BCUT2D eigenvalue weighted by atomic mass is 79.9. The Kier molecular flexibility index (Phi) is 6.24. The van der Waals surface area contributed by atoms with Crippen LogP contribution in [0.4, 0.5) is 11.5 Å². The van der Waals surface area contributed by atoms with Crippen molar-refractivity contribution in [3.8, 4) is 10.8 Å². The second kappa shape index (κ2) is 9.23. The van der Waals surface area contributed by atoms with Gasteiger partial charge in [0.25, 0.3) is 5.91 Å². The lowest BCUT2D eigenvalue weighted by Gasteiger charge is -2.08. The van der Waals surface area contributed by atoms with Crippen molar-refractivity contribution in [2.75, 3.05) is 10.6 Å². The van der Waals surface area contributed by atoms with Crippen molar-refractivity contribution in [2.45, 2.75) is 13.3 Å². The van der Waals surface area contributed by atoms with Gasteiger partial charge in [0.2, 0.25) is 5.91 Å². The van der Waals surface area contributed by atoms with Crippen LogP contribution in [0.15, 0.2) is 69.0 Å². The predicted molar refractivity (Wildman–Crippen MR) is 123 cm³/mol. The molecule has 31 heavy (non-hydrogen) atoms. The van der Waals surface area contributed by atoms with Crippen molar-refractivity contribution >= 4 is 50.6 Å². The van der Waals surface area contributed by atoms with Gasteiger partial charge in [0.05, 0.1) is 12.1 Å². The molecule has 4 rings (SSSR count). The van der Waals surface area contributed by atoms with Gasteiger partial charge in [-0.05, 0) is 65.3 Å². The summed E-state index contributed by atoms with van der Waals surface area (Å²) in [7, 11) is 0. The van der Waals surface area contributed by atoms with E-state index in [4.69, 9.17) is 4.42 Å². The number of thiazole rings is 1. The van der Waals surface area contributed by atoms with Crippen LogP contribution in [0.1, 0.15) is 21.8 Å². The first kappa shape index (κ1) is 21.0. The van der Waals surface area contributed by atoms with E-state index in [1.54, 1.807) is 42.6 Å². The van der Waals surface area contributed by atoms with Gasteiger partial charge in [0.1, 0.15) is 11.6 Å². The average molecular weight is 497 g/mol. The molecule has 0 unspecified atom stereocenters. The van der Waals surface area contributed by atoms with Crippen LogP contribution in [0, 0.1) is 6.92 Å². The number of carbonyl (C=O) groups excluding carboxylic acids is 2. The Hall–Kier alpha value is -3.30. The molecule has 7 nitrogen and oxygen atoms in total. The van der Waals surface area contributed by atoms with E-state index in [0.29, 0.717) is 28.5 Å². The minimum Gasteiger partial charge on any atom is -0.459 e. The molecule has 0 spiro atoms. The van der Waals surface area contributed by atoms with E-state index in [2.05, 4.69) is 36.5 Å². The van der Waals surface area contributed by atoms with Crippen LogP contribution in [-0.4, -0.2) is 21.8 Å². The molecule has 0 radical (unpaired) electrons. The third-order valence-electron chi connectivity index (χ3n) is 4.22. The summed E-state index contributed by atoms with van der Waals surface area (Å²) in [6.45, 7) is 1.87. The first-order chi connectivity index (χ1) is 15.0. The smallest absolute Gasteiger partial charge is 0.256 e. The molecule has 2 amide bonds. The van der Waals surface area contributed by atoms with Crippen LogP contribution < -0.4 is 10.6 Å². The van der Waals surface area contributed by atoms with Crippen molar-refractivity contribution < 1.29 is 14.0 Å². The van der Waals surface area contributed by atoms with Crippen molar-refractivity contribution in [1.29, 1.82) is 0 Å². The van der Waals surface area contributed by atoms with Gasteiger partial charge < -0.3 is 15.1 Å². The Morgan fingerprint density at radius 2 is 2.00 bits per heavy atom. The van der Waals surface area contributed by atoms with Crippen LogP contribution in [0.3, 0.4) is 0 Å². The van der Waals surface area contributed by atoms with Gasteiger partial charge in [-0.2, -0.15) is 0 Å². The number of benzene rings is 1. The van der Waals surface area contributed by atoms with E-state index >= 15 is 0 Å². The molecule has 0 aliphatic heterocycles. The first-order valence-corrected chi connectivity index (χ1v) is 11.0. The van der Waals surface area contributed by atoms with E-state index in [1.165, 1.54) is 11.3 Å². The molecule has 3 aromatic heterocycles. The van der Waals surface area contributed by atoms with Gasteiger partial charge in [0.15, 0.2) is 10.8 Å². The highest BCUT2D eigenvalue weighted by Gasteiger charge is 2.13. The normalized spacial score (nSPS) is 10.6. The number of anilines is 2. The maximum atomic E-state index is 12.5. The zero-order chi connectivity index (χ0) is 21.8. The van der Waals surface area contributed by atoms with E-state index in [9.17, 15) is 9.59 Å². The monoisotopic (exact) mass is 496 g/mol. The lowest BCUT2D eigenvalue weighted by Crippen LogP contribution is -2.16. The van der Waals surface area contributed by atoms with Crippen LogP contribution in [0.25, 0.3) is 10.8 Å². The van der Waals surface area contributed by atoms with Crippen molar-refractivity contribution in [3.05, 3.63) is 81.6 Å². The van der Waals surface area contributed by atoms with Crippen LogP contribution in [0.2, 0.25) is 0 Å². The van der Waals surface area contributed by atoms with E-state index in [-0.39, 0.29) is 18.2 Å². The van der Waals surface area contributed by atoms with Gasteiger partial charge >= 0.3 is 0 Å². The molecule has 0 saturated carbocycles. The molecule has 2 N–H and O–H groups in total. The summed E-state index contributed by atoms with van der Waals surface area (Å²) in [5.41, 5.74) is 1.59. The molecule has 0 aliphatic rings. The number of carbonyl (C=O) groups is 2. The maximum absolute atomic E-state index is 12.5. The molecule has 0 aliphatic carbocycles. The molecule has 0 atom stereocenters. The number of amides is 2. The Labute approximate surface area is 190 Å². The average Bonchev–Trinajstić information content (AvgIpc) is 3.38. The molecule has 0 fully saturated rings. The Morgan fingerprint density at radius 3 is 2.74 bits per heavy atom. The third kappa shape index (κ3) is 5.44. The number of hydrogen-bond acceptors (Lipinski definition) is 6. The zero-order valence-electron chi connectivity index (χ0n) is 16.4. The molecule has 1 aromatic carbocycles. The summed E-state index contributed by atoms with van der Waals surface area (Å²) >= 11 is 4.73. The van der Waals surface area contributed by atoms with Crippen molar-refractivity contribution in [3.63, 3.8) is 0 Å². The topological polar surface area (TPSA) is 97.1 Å². The molecule has 4 aromatic rings. The van der Waals surface area contributed by atoms with Gasteiger partial charge in [-0.15, -0.1) is 11.3 Å². The van der Waals surface area contributed by atoms with Crippen LogP contribution in [-0.2, 0) is 11.2 Å². The fraction of sp³-hybridized carbons (Fsp3) is 0.0909. The fourth-order valence-electron chi connectivity index (χ4n) is 2.80. The van der Waals surface area contributed by atoms with Crippen LogP contribution in [0.5, 0.6) is 0 Å².